The minimum Gasteiger partial charge on any atom is -0.493 e. The molecule has 1 aliphatic rings. The van der Waals surface area contributed by atoms with Crippen LogP contribution in [0.25, 0.3) is 0 Å². The van der Waals surface area contributed by atoms with Crippen LogP contribution in [-0.2, 0) is 9.53 Å². The van der Waals surface area contributed by atoms with Crippen LogP contribution in [0.15, 0.2) is 18.2 Å². The largest absolute Gasteiger partial charge is 0.493 e. The molecule has 5 nitrogen and oxygen atoms in total. The molecule has 1 aromatic carbocycles. The molecule has 2 atom stereocenters. The van der Waals surface area contributed by atoms with Crippen LogP contribution in [0.4, 0.5) is 0 Å². The Balaban J connectivity index is 2.24. The van der Waals surface area contributed by atoms with Gasteiger partial charge >= 0.3 is 0 Å². The summed E-state index contributed by atoms with van der Waals surface area (Å²) in [7, 11) is 1.55. The van der Waals surface area contributed by atoms with Gasteiger partial charge in [-0.2, -0.15) is 0 Å². The van der Waals surface area contributed by atoms with E-state index in [9.17, 15) is 9.90 Å². The van der Waals surface area contributed by atoms with Gasteiger partial charge in [0.15, 0.2) is 0 Å². The summed E-state index contributed by atoms with van der Waals surface area (Å²) in [5.41, 5.74) is 1.24. The molecule has 1 aromatic rings. The van der Waals surface area contributed by atoms with Crippen molar-refractivity contribution < 1.29 is 19.4 Å². The molecule has 0 bridgehead atoms. The van der Waals surface area contributed by atoms with Crippen molar-refractivity contribution in [3.63, 3.8) is 0 Å². The van der Waals surface area contributed by atoms with Gasteiger partial charge < -0.3 is 19.9 Å². The minimum absolute atomic E-state index is 0.00759. The van der Waals surface area contributed by atoms with Crippen molar-refractivity contribution in [1.29, 1.82) is 0 Å². The molecule has 0 saturated heterocycles. The monoisotopic (exact) mass is 307 g/mol. The summed E-state index contributed by atoms with van der Waals surface area (Å²) < 4.78 is 10.6. The van der Waals surface area contributed by atoms with E-state index < -0.39 is 11.5 Å². The standard InChI is InChI=1S/C17H25NO4/c1-17(2,3)16(20)18-13-7-8-22-15-6-5-11(9-12(13)15)14(19)10-21-4/h5-6,9,13-14,19H,7-8,10H2,1-4H3,(H,18,20). The van der Waals surface area contributed by atoms with Crippen LogP contribution in [0.1, 0.15) is 50.5 Å². The van der Waals surface area contributed by atoms with Crippen molar-refractivity contribution in [2.24, 2.45) is 5.41 Å². The van der Waals surface area contributed by atoms with Gasteiger partial charge in [-0.1, -0.05) is 26.8 Å². The summed E-state index contributed by atoms with van der Waals surface area (Å²) in [5, 5.41) is 13.1. The van der Waals surface area contributed by atoms with Crippen molar-refractivity contribution in [2.45, 2.75) is 39.3 Å². The predicted octanol–water partition coefficient (Wildman–Crippen LogP) is 2.35. The minimum atomic E-state index is -0.684. The molecule has 2 N–H and O–H groups in total. The highest BCUT2D eigenvalue weighted by atomic mass is 16.5. The summed E-state index contributed by atoms with van der Waals surface area (Å²) in [4.78, 5) is 12.2. The molecule has 2 unspecified atom stereocenters. The molecule has 1 aliphatic heterocycles. The third-order valence-corrected chi connectivity index (χ3v) is 3.77. The second-order valence-electron chi connectivity index (χ2n) is 6.68. The Morgan fingerprint density at radius 1 is 1.50 bits per heavy atom. The second kappa shape index (κ2) is 6.67. The Morgan fingerprint density at radius 3 is 2.86 bits per heavy atom. The third-order valence-electron chi connectivity index (χ3n) is 3.77. The maximum absolute atomic E-state index is 12.2. The van der Waals surface area contributed by atoms with Crippen LogP contribution in [0.3, 0.4) is 0 Å². The summed E-state index contributed by atoms with van der Waals surface area (Å²) >= 11 is 0. The van der Waals surface area contributed by atoms with Gasteiger partial charge in [0.2, 0.25) is 5.91 Å². The summed E-state index contributed by atoms with van der Waals surface area (Å²) in [6, 6.07) is 5.48. The lowest BCUT2D eigenvalue weighted by atomic mass is 9.92. The van der Waals surface area contributed by atoms with E-state index in [-0.39, 0.29) is 18.6 Å². The molecular formula is C17H25NO4. The summed E-state index contributed by atoms with van der Waals surface area (Å²) in [6.45, 7) is 6.48. The van der Waals surface area contributed by atoms with Gasteiger partial charge in [0.1, 0.15) is 11.9 Å². The Kier molecular flexibility index (Phi) is 5.08. The number of aliphatic hydroxyl groups is 1. The highest BCUT2D eigenvalue weighted by molar-refractivity contribution is 5.81. The molecule has 0 radical (unpaired) electrons. The maximum Gasteiger partial charge on any atom is 0.225 e. The van der Waals surface area contributed by atoms with Crippen LogP contribution in [-0.4, -0.2) is 31.3 Å². The van der Waals surface area contributed by atoms with Gasteiger partial charge in [-0.15, -0.1) is 0 Å². The fraction of sp³-hybridized carbons (Fsp3) is 0.588. The first-order valence-corrected chi connectivity index (χ1v) is 7.57. The van der Waals surface area contributed by atoms with Crippen LogP contribution >= 0.6 is 0 Å². The molecule has 5 heteroatoms. The quantitative estimate of drug-likeness (QED) is 0.896. The highest BCUT2D eigenvalue weighted by Crippen LogP contribution is 2.34. The SMILES string of the molecule is COCC(O)c1ccc2c(c1)C(NC(=O)C(C)(C)C)CCO2. The number of aliphatic hydroxyl groups excluding tert-OH is 1. The van der Waals surface area contributed by atoms with Crippen molar-refractivity contribution in [2.75, 3.05) is 20.3 Å². The molecule has 2 rings (SSSR count). The van der Waals surface area contributed by atoms with E-state index in [1.165, 1.54) is 0 Å². The Hall–Kier alpha value is -1.59. The number of benzene rings is 1. The first-order valence-electron chi connectivity index (χ1n) is 7.57. The fourth-order valence-corrected chi connectivity index (χ4v) is 2.40. The number of nitrogens with one attached hydrogen (secondary N) is 1. The molecule has 1 heterocycles. The molecule has 0 aromatic heterocycles. The zero-order chi connectivity index (χ0) is 16.3. The van der Waals surface area contributed by atoms with Crippen LogP contribution in [0.5, 0.6) is 5.75 Å². The number of rotatable bonds is 4. The van der Waals surface area contributed by atoms with E-state index >= 15 is 0 Å². The fourth-order valence-electron chi connectivity index (χ4n) is 2.40. The van der Waals surface area contributed by atoms with E-state index in [1.807, 2.05) is 39.0 Å². The Bertz CT molecular complexity index is 536. The number of hydrogen-bond acceptors (Lipinski definition) is 4. The van der Waals surface area contributed by atoms with Gasteiger partial charge in [-0.3, -0.25) is 4.79 Å². The van der Waals surface area contributed by atoms with Crippen LogP contribution in [0.2, 0.25) is 0 Å². The highest BCUT2D eigenvalue weighted by Gasteiger charge is 2.28. The normalized spacial score (nSPS) is 19.0. The zero-order valence-corrected chi connectivity index (χ0v) is 13.7. The van der Waals surface area contributed by atoms with Gasteiger partial charge in [-0.25, -0.2) is 0 Å². The van der Waals surface area contributed by atoms with Crippen molar-refractivity contribution >= 4 is 5.91 Å². The average molecular weight is 307 g/mol. The van der Waals surface area contributed by atoms with E-state index in [0.717, 1.165) is 23.3 Å². The number of methoxy groups -OCH3 is 1. The van der Waals surface area contributed by atoms with Crippen molar-refractivity contribution in [1.82, 2.24) is 5.32 Å². The van der Waals surface area contributed by atoms with E-state index in [0.29, 0.717) is 6.61 Å². The number of carbonyl (C=O) groups excluding carboxylic acids is 1. The lowest BCUT2D eigenvalue weighted by Crippen LogP contribution is -2.39. The van der Waals surface area contributed by atoms with Crippen LogP contribution < -0.4 is 10.1 Å². The second-order valence-corrected chi connectivity index (χ2v) is 6.68. The van der Waals surface area contributed by atoms with Gasteiger partial charge in [0.05, 0.1) is 19.3 Å². The molecule has 1 amide bonds. The number of hydrogen-bond donors (Lipinski definition) is 2. The Morgan fingerprint density at radius 2 is 2.23 bits per heavy atom. The molecular weight excluding hydrogens is 282 g/mol. The average Bonchev–Trinajstić information content (AvgIpc) is 2.46. The molecule has 22 heavy (non-hydrogen) atoms. The molecule has 0 aliphatic carbocycles. The third kappa shape index (κ3) is 3.78. The topological polar surface area (TPSA) is 67.8 Å². The molecule has 0 fully saturated rings. The Labute approximate surface area is 131 Å². The lowest BCUT2D eigenvalue weighted by Gasteiger charge is -2.30. The van der Waals surface area contributed by atoms with Crippen molar-refractivity contribution in [3.8, 4) is 5.75 Å². The van der Waals surface area contributed by atoms with Crippen LogP contribution in [0, 0.1) is 5.41 Å². The van der Waals surface area contributed by atoms with E-state index in [2.05, 4.69) is 5.32 Å². The van der Waals surface area contributed by atoms with Crippen molar-refractivity contribution in [3.05, 3.63) is 29.3 Å². The number of amides is 1. The lowest BCUT2D eigenvalue weighted by molar-refractivity contribution is -0.129. The first kappa shape index (κ1) is 16.8. The first-order chi connectivity index (χ1) is 10.3. The zero-order valence-electron chi connectivity index (χ0n) is 13.7. The van der Waals surface area contributed by atoms with E-state index in [4.69, 9.17) is 9.47 Å². The van der Waals surface area contributed by atoms with Gasteiger partial charge in [-0.05, 0) is 17.7 Å². The number of ether oxygens (including phenoxy) is 2. The van der Waals surface area contributed by atoms with Gasteiger partial charge in [0.25, 0.3) is 0 Å². The molecule has 0 spiro atoms. The molecule has 122 valence electrons. The van der Waals surface area contributed by atoms with E-state index in [1.54, 1.807) is 7.11 Å². The number of fused-ring (bicyclic) bond motifs is 1. The maximum atomic E-state index is 12.2. The van der Waals surface area contributed by atoms with Gasteiger partial charge in [0, 0.05) is 24.5 Å². The number of carbonyl (C=O) groups is 1. The summed E-state index contributed by atoms with van der Waals surface area (Å²) in [5.74, 6) is 0.770. The molecule has 0 saturated carbocycles. The predicted molar refractivity (Wildman–Crippen MR) is 83.7 cm³/mol. The summed E-state index contributed by atoms with van der Waals surface area (Å²) in [6.07, 6.45) is 0.0368. The smallest absolute Gasteiger partial charge is 0.225 e.